The van der Waals surface area contributed by atoms with Gasteiger partial charge in [-0.15, -0.1) is 0 Å². The second kappa shape index (κ2) is 5.96. The monoisotopic (exact) mass is 346 g/mol. The third kappa shape index (κ3) is 3.69. The van der Waals surface area contributed by atoms with Gasteiger partial charge < -0.3 is 5.73 Å². The lowest BCUT2D eigenvalue weighted by atomic mass is 10.2. The van der Waals surface area contributed by atoms with Crippen molar-refractivity contribution in [1.82, 2.24) is 9.36 Å². The summed E-state index contributed by atoms with van der Waals surface area (Å²) in [6, 6.07) is 4.59. The first-order chi connectivity index (χ1) is 9.79. The zero-order chi connectivity index (χ0) is 15.6. The number of halogens is 1. The van der Waals surface area contributed by atoms with E-state index in [4.69, 9.17) is 17.3 Å². The highest BCUT2D eigenvalue weighted by Crippen LogP contribution is 2.25. The molecule has 10 heteroatoms. The number of nitrogens with one attached hydrogen (secondary N) is 1. The van der Waals surface area contributed by atoms with Crippen LogP contribution in [0, 0.1) is 6.92 Å². The molecular weight excluding hydrogens is 336 g/mol. The maximum absolute atomic E-state index is 12.3. The van der Waals surface area contributed by atoms with E-state index >= 15 is 0 Å². The van der Waals surface area contributed by atoms with Crippen molar-refractivity contribution in [1.29, 1.82) is 0 Å². The third-order valence-corrected chi connectivity index (χ3v) is 5.22. The summed E-state index contributed by atoms with van der Waals surface area (Å²) in [6.45, 7) is 1.61. The number of nitrogens with two attached hydrogens (primary N) is 1. The van der Waals surface area contributed by atoms with Crippen molar-refractivity contribution in [3.05, 3.63) is 34.6 Å². The second-order valence-corrected chi connectivity index (χ2v) is 6.94. The van der Waals surface area contributed by atoms with Crippen molar-refractivity contribution >= 4 is 44.2 Å². The zero-order valence-corrected chi connectivity index (χ0v) is 13.2. The zero-order valence-electron chi connectivity index (χ0n) is 10.8. The summed E-state index contributed by atoms with van der Waals surface area (Å²) in [6.07, 6.45) is -0.144. The SMILES string of the molecule is Cc1c(Cl)cccc1S(=O)(=O)Nc1nc(CC(N)=O)ns1. The van der Waals surface area contributed by atoms with E-state index in [9.17, 15) is 13.2 Å². The number of carbonyl (C=O) groups excluding carboxylic acids is 1. The number of hydrogen-bond acceptors (Lipinski definition) is 6. The highest BCUT2D eigenvalue weighted by molar-refractivity contribution is 7.93. The van der Waals surface area contributed by atoms with Gasteiger partial charge in [0.1, 0.15) is 0 Å². The fourth-order valence-corrected chi connectivity index (χ4v) is 3.88. The molecule has 0 atom stereocenters. The van der Waals surface area contributed by atoms with Gasteiger partial charge in [0.15, 0.2) is 5.82 Å². The maximum atomic E-state index is 12.3. The van der Waals surface area contributed by atoms with Crippen LogP contribution in [0.25, 0.3) is 0 Å². The normalized spacial score (nSPS) is 11.3. The standard InChI is InChI=1S/C11H11ClN4O3S2/c1-6-7(12)3-2-4-8(6)21(18,19)16-11-14-10(15-20-11)5-9(13)17/h2-4H,5H2,1H3,(H2,13,17)(H,14,15,16). The number of sulfonamides is 1. The van der Waals surface area contributed by atoms with Crippen molar-refractivity contribution in [2.75, 3.05) is 4.72 Å². The molecule has 1 aromatic carbocycles. The van der Waals surface area contributed by atoms with E-state index in [1.807, 2.05) is 0 Å². The summed E-state index contributed by atoms with van der Waals surface area (Å²) in [7, 11) is -3.82. The number of amides is 1. The average Bonchev–Trinajstić information content (AvgIpc) is 2.78. The summed E-state index contributed by atoms with van der Waals surface area (Å²) >= 11 is 6.75. The van der Waals surface area contributed by atoms with Crippen LogP contribution in [0.2, 0.25) is 5.02 Å². The van der Waals surface area contributed by atoms with Crippen molar-refractivity contribution < 1.29 is 13.2 Å². The Hall–Kier alpha value is -1.71. The van der Waals surface area contributed by atoms with Crippen molar-refractivity contribution in [2.24, 2.45) is 5.73 Å². The van der Waals surface area contributed by atoms with Crippen molar-refractivity contribution in [2.45, 2.75) is 18.2 Å². The van der Waals surface area contributed by atoms with E-state index < -0.39 is 15.9 Å². The molecule has 0 unspecified atom stereocenters. The molecule has 0 bridgehead atoms. The van der Waals surface area contributed by atoms with Crippen molar-refractivity contribution in [3.8, 4) is 0 Å². The number of carbonyl (C=O) groups is 1. The Balaban J connectivity index is 2.27. The minimum atomic E-state index is -3.82. The Bertz CT molecular complexity index is 789. The van der Waals surface area contributed by atoms with Gasteiger partial charge in [-0.1, -0.05) is 17.7 Å². The van der Waals surface area contributed by atoms with E-state index in [0.717, 1.165) is 11.5 Å². The molecule has 0 spiro atoms. The van der Waals surface area contributed by atoms with Gasteiger partial charge >= 0.3 is 0 Å². The van der Waals surface area contributed by atoms with Gasteiger partial charge in [-0.3, -0.25) is 9.52 Å². The molecule has 1 aromatic heterocycles. The molecule has 0 saturated heterocycles. The molecule has 1 amide bonds. The molecule has 0 aliphatic heterocycles. The van der Waals surface area contributed by atoms with Crippen LogP contribution in [-0.4, -0.2) is 23.7 Å². The molecule has 2 aromatic rings. The minimum Gasteiger partial charge on any atom is -0.369 e. The first-order valence-corrected chi connectivity index (χ1v) is 8.32. The number of benzene rings is 1. The largest absolute Gasteiger partial charge is 0.369 e. The Labute approximate surface area is 130 Å². The molecule has 3 N–H and O–H groups in total. The molecule has 0 saturated carbocycles. The number of nitrogens with zero attached hydrogens (tertiary/aromatic N) is 2. The molecule has 21 heavy (non-hydrogen) atoms. The quantitative estimate of drug-likeness (QED) is 0.847. The van der Waals surface area contributed by atoms with Crippen molar-refractivity contribution in [3.63, 3.8) is 0 Å². The van der Waals surface area contributed by atoms with Crippen LogP contribution in [-0.2, 0) is 21.2 Å². The summed E-state index contributed by atoms with van der Waals surface area (Å²) in [5.41, 5.74) is 5.46. The second-order valence-electron chi connectivity index (χ2n) is 4.13. The maximum Gasteiger partial charge on any atom is 0.264 e. The molecule has 0 aliphatic rings. The van der Waals surface area contributed by atoms with Crippen LogP contribution in [0.5, 0.6) is 0 Å². The fourth-order valence-electron chi connectivity index (χ4n) is 1.57. The summed E-state index contributed by atoms with van der Waals surface area (Å²) in [5.74, 6) is -0.416. The summed E-state index contributed by atoms with van der Waals surface area (Å²) in [5, 5.41) is 0.412. The molecular formula is C11H11ClN4O3S2. The topological polar surface area (TPSA) is 115 Å². The predicted molar refractivity (Wildman–Crippen MR) is 79.8 cm³/mol. The van der Waals surface area contributed by atoms with Crippen LogP contribution in [0.1, 0.15) is 11.4 Å². The lowest BCUT2D eigenvalue weighted by Gasteiger charge is -2.08. The molecule has 0 fully saturated rings. The minimum absolute atomic E-state index is 0.0571. The van der Waals surface area contributed by atoms with Gasteiger partial charge in [0.2, 0.25) is 11.0 Å². The number of aromatic nitrogens is 2. The van der Waals surface area contributed by atoms with Gasteiger partial charge in [0.05, 0.1) is 11.3 Å². The molecule has 0 radical (unpaired) electrons. The van der Waals surface area contributed by atoms with Crippen LogP contribution >= 0.6 is 23.1 Å². The van der Waals surface area contributed by atoms with Crippen LogP contribution in [0.3, 0.4) is 0 Å². The summed E-state index contributed by atoms with van der Waals surface area (Å²) < 4.78 is 30.7. The Morgan fingerprint density at radius 1 is 1.48 bits per heavy atom. The van der Waals surface area contributed by atoms with Gasteiger partial charge in [0.25, 0.3) is 10.0 Å². The summed E-state index contributed by atoms with van der Waals surface area (Å²) in [4.78, 5) is 14.7. The molecule has 2 rings (SSSR count). The Kier molecular flexibility index (Phi) is 4.45. The molecule has 1 heterocycles. The number of primary amides is 1. The van der Waals surface area contributed by atoms with Gasteiger partial charge in [-0.05, 0) is 24.6 Å². The van der Waals surface area contributed by atoms with Gasteiger partial charge in [0, 0.05) is 16.6 Å². The van der Waals surface area contributed by atoms with E-state index in [2.05, 4.69) is 14.1 Å². The lowest BCUT2D eigenvalue weighted by Crippen LogP contribution is -2.16. The highest BCUT2D eigenvalue weighted by atomic mass is 35.5. The van der Waals surface area contributed by atoms with E-state index in [-0.39, 0.29) is 22.3 Å². The van der Waals surface area contributed by atoms with E-state index in [0.29, 0.717) is 10.6 Å². The third-order valence-electron chi connectivity index (χ3n) is 2.53. The van der Waals surface area contributed by atoms with Gasteiger partial charge in [-0.2, -0.15) is 4.37 Å². The van der Waals surface area contributed by atoms with Gasteiger partial charge in [-0.25, -0.2) is 13.4 Å². The molecule has 0 aliphatic carbocycles. The fraction of sp³-hybridized carbons (Fsp3) is 0.182. The molecule has 112 valence electrons. The Morgan fingerprint density at radius 3 is 2.86 bits per heavy atom. The average molecular weight is 347 g/mol. The van der Waals surface area contributed by atoms with Crippen LogP contribution in [0.4, 0.5) is 5.13 Å². The van der Waals surface area contributed by atoms with E-state index in [1.165, 1.54) is 6.07 Å². The smallest absolute Gasteiger partial charge is 0.264 e. The number of rotatable bonds is 5. The predicted octanol–water partition coefficient (Wildman–Crippen LogP) is 1.33. The van der Waals surface area contributed by atoms with Crippen LogP contribution in [0.15, 0.2) is 23.1 Å². The first kappa shape index (κ1) is 15.7. The van der Waals surface area contributed by atoms with Crippen LogP contribution < -0.4 is 10.5 Å². The first-order valence-electron chi connectivity index (χ1n) is 5.68. The number of anilines is 1. The lowest BCUT2D eigenvalue weighted by molar-refractivity contribution is -0.117. The Morgan fingerprint density at radius 2 is 2.19 bits per heavy atom. The molecule has 7 nitrogen and oxygen atoms in total. The van der Waals surface area contributed by atoms with E-state index in [1.54, 1.807) is 19.1 Å². The highest BCUT2D eigenvalue weighted by Gasteiger charge is 2.20. The number of hydrogen-bond donors (Lipinski definition) is 2.